The summed E-state index contributed by atoms with van der Waals surface area (Å²) in [5.41, 5.74) is 1.72. The highest BCUT2D eigenvalue weighted by Gasteiger charge is 2.09. The molecule has 2 aromatic heterocycles. The van der Waals surface area contributed by atoms with E-state index in [1.807, 2.05) is 31.2 Å². The van der Waals surface area contributed by atoms with Crippen molar-refractivity contribution in [2.75, 3.05) is 0 Å². The lowest BCUT2D eigenvalue weighted by molar-refractivity contribution is -0.120. The Labute approximate surface area is 99.7 Å². The summed E-state index contributed by atoms with van der Waals surface area (Å²) in [5, 5.41) is 2.83. The van der Waals surface area contributed by atoms with Crippen molar-refractivity contribution in [3.8, 4) is 11.5 Å². The molecule has 0 aromatic carbocycles. The molecule has 0 bridgehead atoms. The summed E-state index contributed by atoms with van der Waals surface area (Å²) in [7, 11) is 0. The van der Waals surface area contributed by atoms with Gasteiger partial charge in [-0.1, -0.05) is 13.0 Å². The highest BCUT2D eigenvalue weighted by Crippen LogP contribution is 2.21. The van der Waals surface area contributed by atoms with Crippen LogP contribution < -0.4 is 5.32 Å². The number of nitrogens with one attached hydrogen (secondary N) is 1. The third kappa shape index (κ3) is 2.72. The summed E-state index contributed by atoms with van der Waals surface area (Å²) in [6, 6.07) is 7.45. The van der Waals surface area contributed by atoms with Gasteiger partial charge in [-0.15, -0.1) is 0 Å². The normalized spacial score (nSPS) is 10.2. The number of furan rings is 1. The second-order valence-corrected chi connectivity index (χ2v) is 3.62. The van der Waals surface area contributed by atoms with Crippen molar-refractivity contribution in [2.45, 2.75) is 19.9 Å². The van der Waals surface area contributed by atoms with Crippen LogP contribution in [0.4, 0.5) is 0 Å². The molecule has 0 unspecified atom stereocenters. The summed E-state index contributed by atoms with van der Waals surface area (Å²) in [6.07, 6.45) is 3.80. The number of rotatable bonds is 4. The second kappa shape index (κ2) is 5.30. The molecule has 0 aliphatic heterocycles. The first-order valence-corrected chi connectivity index (χ1v) is 5.55. The SMILES string of the molecule is CCC(=O)NCc1cccnc1-c1ccco1. The maximum Gasteiger partial charge on any atom is 0.219 e. The van der Waals surface area contributed by atoms with E-state index in [-0.39, 0.29) is 5.91 Å². The molecule has 2 rings (SSSR count). The van der Waals surface area contributed by atoms with Crippen LogP contribution in [0, 0.1) is 0 Å². The Morgan fingerprint density at radius 3 is 3.00 bits per heavy atom. The first kappa shape index (κ1) is 11.4. The largest absolute Gasteiger partial charge is 0.463 e. The number of nitrogens with zero attached hydrogens (tertiary/aromatic N) is 1. The van der Waals surface area contributed by atoms with Gasteiger partial charge in [-0.3, -0.25) is 9.78 Å². The van der Waals surface area contributed by atoms with E-state index in [9.17, 15) is 4.79 Å². The van der Waals surface area contributed by atoms with E-state index in [0.29, 0.717) is 18.7 Å². The van der Waals surface area contributed by atoms with Crippen LogP contribution in [0.25, 0.3) is 11.5 Å². The molecular formula is C13H14N2O2. The molecule has 0 saturated heterocycles. The van der Waals surface area contributed by atoms with E-state index in [4.69, 9.17) is 4.42 Å². The lowest BCUT2D eigenvalue weighted by atomic mass is 10.1. The fourth-order valence-corrected chi connectivity index (χ4v) is 1.54. The zero-order valence-corrected chi connectivity index (χ0v) is 9.64. The highest BCUT2D eigenvalue weighted by atomic mass is 16.3. The Hall–Kier alpha value is -2.10. The van der Waals surface area contributed by atoms with Crippen molar-refractivity contribution in [1.82, 2.24) is 10.3 Å². The van der Waals surface area contributed by atoms with Gasteiger partial charge in [0.25, 0.3) is 0 Å². The van der Waals surface area contributed by atoms with E-state index < -0.39 is 0 Å². The summed E-state index contributed by atoms with van der Waals surface area (Å²) >= 11 is 0. The summed E-state index contributed by atoms with van der Waals surface area (Å²) in [5.74, 6) is 0.741. The van der Waals surface area contributed by atoms with Gasteiger partial charge in [0, 0.05) is 24.7 Å². The Morgan fingerprint density at radius 2 is 2.29 bits per heavy atom. The molecule has 0 spiro atoms. The van der Waals surface area contributed by atoms with Crippen LogP contribution in [-0.4, -0.2) is 10.9 Å². The van der Waals surface area contributed by atoms with E-state index in [0.717, 1.165) is 11.3 Å². The van der Waals surface area contributed by atoms with E-state index >= 15 is 0 Å². The summed E-state index contributed by atoms with van der Waals surface area (Å²) in [4.78, 5) is 15.5. The molecule has 4 heteroatoms. The number of hydrogen-bond acceptors (Lipinski definition) is 3. The third-order valence-corrected chi connectivity index (χ3v) is 2.44. The minimum atomic E-state index is 0.0271. The minimum Gasteiger partial charge on any atom is -0.463 e. The molecular weight excluding hydrogens is 216 g/mol. The lowest BCUT2D eigenvalue weighted by Crippen LogP contribution is -2.21. The average Bonchev–Trinajstić information content (AvgIpc) is 2.90. The molecule has 4 nitrogen and oxygen atoms in total. The molecule has 1 amide bonds. The molecule has 1 N–H and O–H groups in total. The van der Waals surface area contributed by atoms with Crippen molar-refractivity contribution < 1.29 is 9.21 Å². The van der Waals surface area contributed by atoms with Gasteiger partial charge in [0.2, 0.25) is 5.91 Å². The average molecular weight is 230 g/mol. The van der Waals surface area contributed by atoms with Gasteiger partial charge < -0.3 is 9.73 Å². The molecule has 0 saturated carbocycles. The Kier molecular flexibility index (Phi) is 3.55. The number of amides is 1. The zero-order chi connectivity index (χ0) is 12.1. The van der Waals surface area contributed by atoms with Crippen LogP contribution in [0.1, 0.15) is 18.9 Å². The number of carbonyl (C=O) groups is 1. The Morgan fingerprint density at radius 1 is 1.41 bits per heavy atom. The topological polar surface area (TPSA) is 55.1 Å². The van der Waals surface area contributed by atoms with Crippen molar-refractivity contribution in [3.63, 3.8) is 0 Å². The van der Waals surface area contributed by atoms with E-state index in [1.54, 1.807) is 12.5 Å². The van der Waals surface area contributed by atoms with Crippen molar-refractivity contribution >= 4 is 5.91 Å². The molecule has 0 aliphatic carbocycles. The molecule has 0 radical (unpaired) electrons. The van der Waals surface area contributed by atoms with Gasteiger partial charge in [-0.2, -0.15) is 0 Å². The molecule has 0 aliphatic rings. The maximum atomic E-state index is 11.2. The monoisotopic (exact) mass is 230 g/mol. The number of hydrogen-bond donors (Lipinski definition) is 1. The molecule has 17 heavy (non-hydrogen) atoms. The quantitative estimate of drug-likeness (QED) is 0.877. The fraction of sp³-hybridized carbons (Fsp3) is 0.231. The van der Waals surface area contributed by atoms with Crippen molar-refractivity contribution in [1.29, 1.82) is 0 Å². The molecule has 0 fully saturated rings. The third-order valence-electron chi connectivity index (χ3n) is 2.44. The highest BCUT2D eigenvalue weighted by molar-refractivity contribution is 5.75. The predicted octanol–water partition coefficient (Wildman–Crippen LogP) is 2.37. The second-order valence-electron chi connectivity index (χ2n) is 3.62. The maximum absolute atomic E-state index is 11.2. The number of carbonyl (C=O) groups excluding carboxylic acids is 1. The molecule has 2 aromatic rings. The number of pyridine rings is 1. The molecule has 0 atom stereocenters. The summed E-state index contributed by atoms with van der Waals surface area (Å²) < 4.78 is 5.32. The Bertz CT molecular complexity index is 492. The van der Waals surface area contributed by atoms with Crippen LogP contribution in [0.15, 0.2) is 41.1 Å². The van der Waals surface area contributed by atoms with E-state index in [2.05, 4.69) is 10.3 Å². The smallest absolute Gasteiger partial charge is 0.219 e. The van der Waals surface area contributed by atoms with Gasteiger partial charge >= 0.3 is 0 Å². The first-order chi connectivity index (χ1) is 8.31. The lowest BCUT2D eigenvalue weighted by Gasteiger charge is -2.07. The number of aromatic nitrogens is 1. The zero-order valence-electron chi connectivity index (χ0n) is 9.64. The van der Waals surface area contributed by atoms with Crippen LogP contribution in [-0.2, 0) is 11.3 Å². The van der Waals surface area contributed by atoms with Crippen molar-refractivity contribution in [3.05, 3.63) is 42.3 Å². The van der Waals surface area contributed by atoms with Gasteiger partial charge in [-0.05, 0) is 18.2 Å². The van der Waals surface area contributed by atoms with Crippen molar-refractivity contribution in [2.24, 2.45) is 0 Å². The van der Waals surface area contributed by atoms with Crippen LogP contribution in [0.5, 0.6) is 0 Å². The van der Waals surface area contributed by atoms with Gasteiger partial charge in [0.15, 0.2) is 5.76 Å². The standard InChI is InChI=1S/C13H14N2O2/c1-2-12(16)15-9-10-5-3-7-14-13(10)11-6-4-8-17-11/h3-8H,2,9H2,1H3,(H,15,16). The first-order valence-electron chi connectivity index (χ1n) is 5.55. The van der Waals surface area contributed by atoms with Crippen LogP contribution in [0.3, 0.4) is 0 Å². The van der Waals surface area contributed by atoms with Gasteiger partial charge in [0.05, 0.1) is 6.26 Å². The van der Waals surface area contributed by atoms with Gasteiger partial charge in [0.1, 0.15) is 5.69 Å². The molecule has 88 valence electrons. The van der Waals surface area contributed by atoms with Gasteiger partial charge in [-0.25, -0.2) is 0 Å². The minimum absolute atomic E-state index is 0.0271. The van der Waals surface area contributed by atoms with Crippen LogP contribution in [0.2, 0.25) is 0 Å². The fourth-order valence-electron chi connectivity index (χ4n) is 1.54. The Balaban J connectivity index is 2.20. The van der Waals surface area contributed by atoms with Crippen LogP contribution >= 0.6 is 0 Å². The summed E-state index contributed by atoms with van der Waals surface area (Å²) in [6.45, 7) is 2.29. The predicted molar refractivity (Wildman–Crippen MR) is 64.1 cm³/mol. The van der Waals surface area contributed by atoms with E-state index in [1.165, 1.54) is 0 Å². The molecule has 2 heterocycles.